The van der Waals surface area contributed by atoms with Crippen LogP contribution in [0.2, 0.25) is 0 Å². The van der Waals surface area contributed by atoms with E-state index in [9.17, 15) is 4.79 Å². The molecule has 104 valence electrons. The van der Waals surface area contributed by atoms with Gasteiger partial charge in [0, 0.05) is 14.9 Å². The van der Waals surface area contributed by atoms with Crippen molar-refractivity contribution in [2.24, 2.45) is 0 Å². The Kier molecular flexibility index (Phi) is 5.23. The molecule has 0 atom stereocenters. The van der Waals surface area contributed by atoms with E-state index in [1.165, 1.54) is 0 Å². The molecule has 0 radical (unpaired) electrons. The summed E-state index contributed by atoms with van der Waals surface area (Å²) in [5, 5.41) is 5.91. The minimum absolute atomic E-state index is 0.0889. The van der Waals surface area contributed by atoms with E-state index in [4.69, 9.17) is 4.74 Å². The molecule has 5 heteroatoms. The van der Waals surface area contributed by atoms with E-state index >= 15 is 0 Å². The molecule has 20 heavy (non-hydrogen) atoms. The van der Waals surface area contributed by atoms with Crippen molar-refractivity contribution in [3.63, 3.8) is 0 Å². The predicted octanol–water partition coefficient (Wildman–Crippen LogP) is 3.35. The molecule has 0 saturated carbocycles. The molecule has 0 heterocycles. The first kappa shape index (κ1) is 14.6. The van der Waals surface area contributed by atoms with Crippen LogP contribution in [0.1, 0.15) is 0 Å². The van der Waals surface area contributed by atoms with E-state index in [0.29, 0.717) is 0 Å². The normalized spacial score (nSPS) is 9.90. The summed E-state index contributed by atoms with van der Waals surface area (Å²) in [7, 11) is 1.61. The first-order valence-corrected chi connectivity index (χ1v) is 7.18. The van der Waals surface area contributed by atoms with Gasteiger partial charge in [0.1, 0.15) is 5.75 Å². The van der Waals surface area contributed by atoms with Gasteiger partial charge in [-0.2, -0.15) is 0 Å². The van der Waals surface area contributed by atoms with Crippen LogP contribution in [0, 0.1) is 3.57 Å². The molecule has 0 aliphatic heterocycles. The lowest BCUT2D eigenvalue weighted by atomic mass is 10.3. The van der Waals surface area contributed by atoms with Crippen molar-refractivity contribution < 1.29 is 9.53 Å². The molecular formula is C15H15IN2O2. The molecular weight excluding hydrogens is 367 g/mol. The Labute approximate surface area is 131 Å². The van der Waals surface area contributed by atoms with E-state index < -0.39 is 0 Å². The number of halogens is 1. The number of carbonyl (C=O) groups is 1. The topological polar surface area (TPSA) is 50.4 Å². The minimum Gasteiger partial charge on any atom is -0.497 e. The summed E-state index contributed by atoms with van der Waals surface area (Å²) in [6.45, 7) is 0.228. The summed E-state index contributed by atoms with van der Waals surface area (Å²) >= 11 is 2.24. The SMILES string of the molecule is COc1ccc(NC(=O)CNc2cccc(I)c2)cc1. The largest absolute Gasteiger partial charge is 0.497 e. The minimum atomic E-state index is -0.0889. The smallest absolute Gasteiger partial charge is 0.243 e. The molecule has 0 saturated heterocycles. The Morgan fingerprint density at radius 2 is 1.90 bits per heavy atom. The van der Waals surface area contributed by atoms with E-state index in [-0.39, 0.29) is 12.5 Å². The third-order valence-corrected chi connectivity index (χ3v) is 3.32. The van der Waals surface area contributed by atoms with Crippen molar-refractivity contribution >= 4 is 39.9 Å². The highest BCUT2D eigenvalue weighted by atomic mass is 127. The first-order chi connectivity index (χ1) is 9.67. The Morgan fingerprint density at radius 1 is 1.15 bits per heavy atom. The van der Waals surface area contributed by atoms with E-state index in [1.54, 1.807) is 7.11 Å². The molecule has 0 aliphatic carbocycles. The number of ether oxygens (including phenoxy) is 1. The van der Waals surface area contributed by atoms with Gasteiger partial charge in [0.2, 0.25) is 5.91 Å². The zero-order valence-electron chi connectivity index (χ0n) is 11.0. The number of hydrogen-bond donors (Lipinski definition) is 2. The van der Waals surface area contributed by atoms with Gasteiger partial charge in [-0.15, -0.1) is 0 Å². The highest BCUT2D eigenvalue weighted by Crippen LogP contribution is 2.15. The van der Waals surface area contributed by atoms with Crippen molar-refractivity contribution in [2.75, 3.05) is 24.3 Å². The number of benzene rings is 2. The molecule has 0 aromatic heterocycles. The first-order valence-electron chi connectivity index (χ1n) is 6.11. The Balaban J connectivity index is 1.85. The molecule has 0 fully saturated rings. The zero-order chi connectivity index (χ0) is 14.4. The fourth-order valence-corrected chi connectivity index (χ4v) is 2.20. The summed E-state index contributed by atoms with van der Waals surface area (Å²) in [6, 6.07) is 15.1. The van der Waals surface area contributed by atoms with Crippen molar-refractivity contribution in [1.29, 1.82) is 0 Å². The number of hydrogen-bond acceptors (Lipinski definition) is 3. The maximum absolute atomic E-state index is 11.8. The summed E-state index contributed by atoms with van der Waals surface area (Å²) < 4.78 is 6.19. The second kappa shape index (κ2) is 7.14. The Bertz CT molecular complexity index is 585. The second-order valence-corrected chi connectivity index (χ2v) is 5.39. The number of carbonyl (C=O) groups excluding carboxylic acids is 1. The van der Waals surface area contributed by atoms with Gasteiger partial charge in [-0.05, 0) is 65.1 Å². The average molecular weight is 382 g/mol. The van der Waals surface area contributed by atoms with E-state index in [0.717, 1.165) is 20.7 Å². The lowest BCUT2D eigenvalue weighted by Crippen LogP contribution is -2.21. The standard InChI is InChI=1S/C15H15IN2O2/c1-20-14-7-5-12(6-8-14)18-15(19)10-17-13-4-2-3-11(16)9-13/h2-9,17H,10H2,1H3,(H,18,19). The maximum Gasteiger partial charge on any atom is 0.243 e. The van der Waals surface area contributed by atoms with Gasteiger partial charge in [0.05, 0.1) is 13.7 Å². The van der Waals surface area contributed by atoms with Gasteiger partial charge in [-0.1, -0.05) is 6.07 Å². The molecule has 0 unspecified atom stereocenters. The van der Waals surface area contributed by atoms with Crippen LogP contribution in [0.25, 0.3) is 0 Å². The molecule has 2 rings (SSSR count). The zero-order valence-corrected chi connectivity index (χ0v) is 13.2. The maximum atomic E-state index is 11.8. The third-order valence-electron chi connectivity index (χ3n) is 2.65. The van der Waals surface area contributed by atoms with Gasteiger partial charge < -0.3 is 15.4 Å². The van der Waals surface area contributed by atoms with Crippen molar-refractivity contribution in [2.45, 2.75) is 0 Å². The van der Waals surface area contributed by atoms with Gasteiger partial charge in [0.15, 0.2) is 0 Å². The van der Waals surface area contributed by atoms with Gasteiger partial charge in [-0.3, -0.25) is 4.79 Å². The molecule has 1 amide bonds. The molecule has 0 aliphatic rings. The van der Waals surface area contributed by atoms with Crippen LogP contribution in [-0.2, 0) is 4.79 Å². The summed E-state index contributed by atoms with van der Waals surface area (Å²) in [5.41, 5.74) is 1.68. The number of rotatable bonds is 5. The highest BCUT2D eigenvalue weighted by Gasteiger charge is 2.02. The summed E-state index contributed by atoms with van der Waals surface area (Å²) in [5.74, 6) is 0.675. The van der Waals surface area contributed by atoms with Crippen molar-refractivity contribution in [1.82, 2.24) is 0 Å². The molecule has 0 spiro atoms. The number of amides is 1. The van der Waals surface area contributed by atoms with Gasteiger partial charge in [0.25, 0.3) is 0 Å². The van der Waals surface area contributed by atoms with Crippen LogP contribution in [0.15, 0.2) is 48.5 Å². The monoisotopic (exact) mass is 382 g/mol. The van der Waals surface area contributed by atoms with Gasteiger partial charge >= 0.3 is 0 Å². The van der Waals surface area contributed by atoms with Crippen LogP contribution in [0.3, 0.4) is 0 Å². The van der Waals surface area contributed by atoms with Gasteiger partial charge in [-0.25, -0.2) is 0 Å². The van der Waals surface area contributed by atoms with Crippen LogP contribution in [0.5, 0.6) is 5.75 Å². The highest BCUT2D eigenvalue weighted by molar-refractivity contribution is 14.1. The molecule has 0 bridgehead atoms. The molecule has 4 nitrogen and oxygen atoms in total. The fourth-order valence-electron chi connectivity index (χ4n) is 1.66. The number of nitrogens with one attached hydrogen (secondary N) is 2. The predicted molar refractivity (Wildman–Crippen MR) is 89.3 cm³/mol. The van der Waals surface area contributed by atoms with Crippen LogP contribution in [-0.4, -0.2) is 19.6 Å². The molecule has 2 aromatic carbocycles. The van der Waals surface area contributed by atoms with E-state index in [1.807, 2.05) is 48.5 Å². The van der Waals surface area contributed by atoms with E-state index in [2.05, 4.69) is 33.2 Å². The second-order valence-electron chi connectivity index (χ2n) is 4.14. The Morgan fingerprint density at radius 3 is 2.55 bits per heavy atom. The lowest BCUT2D eigenvalue weighted by Gasteiger charge is -2.08. The summed E-state index contributed by atoms with van der Waals surface area (Å²) in [6.07, 6.45) is 0. The summed E-state index contributed by atoms with van der Waals surface area (Å²) in [4.78, 5) is 11.8. The van der Waals surface area contributed by atoms with Crippen molar-refractivity contribution in [3.8, 4) is 5.75 Å². The molecule has 2 aromatic rings. The van der Waals surface area contributed by atoms with Crippen LogP contribution >= 0.6 is 22.6 Å². The third kappa shape index (κ3) is 4.41. The van der Waals surface area contributed by atoms with Crippen LogP contribution in [0.4, 0.5) is 11.4 Å². The number of methoxy groups -OCH3 is 1. The average Bonchev–Trinajstić information content (AvgIpc) is 2.46. The van der Waals surface area contributed by atoms with Crippen molar-refractivity contribution in [3.05, 3.63) is 52.1 Å². The lowest BCUT2D eigenvalue weighted by molar-refractivity contribution is -0.114. The number of anilines is 2. The Hall–Kier alpha value is -1.76. The molecule has 2 N–H and O–H groups in total. The quantitative estimate of drug-likeness (QED) is 0.780. The fraction of sp³-hybridized carbons (Fsp3) is 0.133. The van der Waals surface area contributed by atoms with Crippen LogP contribution < -0.4 is 15.4 Å².